The third kappa shape index (κ3) is 65.6. The molecule has 2 atom stereocenters. The predicted octanol–water partition coefficient (Wildman–Crippen LogP) is 23.5. The van der Waals surface area contributed by atoms with E-state index in [1.54, 1.807) is 6.08 Å². The second-order valence-electron chi connectivity index (χ2n) is 25.3. The lowest BCUT2D eigenvalue weighted by Gasteiger charge is -2.20. The lowest BCUT2D eigenvalue weighted by atomic mass is 10.0. The Kier molecular flexibility index (Phi) is 67.9. The fourth-order valence-corrected chi connectivity index (χ4v) is 11.8. The van der Waals surface area contributed by atoms with Gasteiger partial charge < -0.3 is 20.3 Å². The number of hydrogen-bond donors (Lipinski definition) is 3. The molecule has 0 fully saturated rings. The molecule has 0 rings (SSSR count). The predicted molar refractivity (Wildman–Crippen MR) is 347 cm³/mol. The van der Waals surface area contributed by atoms with E-state index >= 15 is 0 Å². The first-order chi connectivity index (χ1) is 39.0. The van der Waals surface area contributed by atoms with Crippen molar-refractivity contribution in [3.05, 3.63) is 12.2 Å². The van der Waals surface area contributed by atoms with Crippen molar-refractivity contribution < 1.29 is 24.5 Å². The number of esters is 1. The van der Waals surface area contributed by atoms with E-state index in [1.807, 2.05) is 6.08 Å². The Morgan fingerprint density at radius 3 is 0.861 bits per heavy atom. The monoisotopic (exact) mass is 1110 g/mol. The fourth-order valence-electron chi connectivity index (χ4n) is 11.8. The first-order valence-electron chi connectivity index (χ1n) is 36.5. The standard InChI is InChI=1S/C73H143NO5/c1-3-5-7-9-11-13-15-17-19-21-31-35-39-43-47-51-55-59-63-67-73(78)79-68-64-60-56-52-48-44-40-36-33-30-28-26-24-22-23-25-27-29-32-34-38-42-46-50-54-58-62-66-72(77)74-70(69-75)71(76)65-61-57-53-49-45-41-37-20-18-16-14-12-10-8-6-4-2/h61,65,70-71,75-76H,3-60,62-64,66-69H2,1-2H3,(H,74,77)/b65-61+. The molecule has 6 nitrogen and oxygen atoms in total. The molecule has 6 heteroatoms. The zero-order valence-electron chi connectivity index (χ0n) is 53.9. The number of hydrogen-bond acceptors (Lipinski definition) is 5. The van der Waals surface area contributed by atoms with Gasteiger partial charge in [0.15, 0.2) is 0 Å². The summed E-state index contributed by atoms with van der Waals surface area (Å²) in [5.74, 6) is -0.0382. The number of carbonyl (C=O) groups is 2. The molecule has 0 aliphatic rings. The molecule has 0 aromatic carbocycles. The van der Waals surface area contributed by atoms with Gasteiger partial charge in [0.1, 0.15) is 0 Å². The molecular formula is C73H143NO5. The van der Waals surface area contributed by atoms with Gasteiger partial charge in [-0.3, -0.25) is 9.59 Å². The van der Waals surface area contributed by atoms with Crippen LogP contribution in [0.15, 0.2) is 12.2 Å². The Labute approximate surface area is 495 Å². The third-order valence-electron chi connectivity index (χ3n) is 17.3. The number of ether oxygens (including phenoxy) is 1. The average molecular weight is 1110 g/mol. The Balaban J connectivity index is 3.33. The first kappa shape index (κ1) is 77.6. The van der Waals surface area contributed by atoms with E-state index in [9.17, 15) is 19.8 Å². The minimum Gasteiger partial charge on any atom is -0.466 e. The highest BCUT2D eigenvalue weighted by molar-refractivity contribution is 5.76. The number of rotatable bonds is 69. The summed E-state index contributed by atoms with van der Waals surface area (Å²) in [4.78, 5) is 24.6. The van der Waals surface area contributed by atoms with Crippen LogP contribution in [0.2, 0.25) is 0 Å². The second-order valence-corrected chi connectivity index (χ2v) is 25.3. The van der Waals surface area contributed by atoms with E-state index in [0.717, 1.165) is 38.5 Å². The van der Waals surface area contributed by atoms with Crippen LogP contribution in [0.3, 0.4) is 0 Å². The van der Waals surface area contributed by atoms with Crippen LogP contribution in [0.5, 0.6) is 0 Å². The van der Waals surface area contributed by atoms with Crippen LogP contribution in [-0.4, -0.2) is 47.4 Å². The molecule has 0 saturated heterocycles. The lowest BCUT2D eigenvalue weighted by Crippen LogP contribution is -2.45. The Morgan fingerprint density at radius 2 is 0.582 bits per heavy atom. The van der Waals surface area contributed by atoms with Gasteiger partial charge in [-0.05, 0) is 32.1 Å². The maximum Gasteiger partial charge on any atom is 0.305 e. The lowest BCUT2D eigenvalue weighted by molar-refractivity contribution is -0.143. The topological polar surface area (TPSA) is 95.9 Å². The van der Waals surface area contributed by atoms with Gasteiger partial charge in [-0.15, -0.1) is 0 Å². The zero-order valence-corrected chi connectivity index (χ0v) is 53.9. The summed E-state index contributed by atoms with van der Waals surface area (Å²) < 4.78 is 5.52. The van der Waals surface area contributed by atoms with Gasteiger partial charge >= 0.3 is 5.97 Å². The van der Waals surface area contributed by atoms with Gasteiger partial charge in [0.05, 0.1) is 25.4 Å². The molecule has 2 unspecified atom stereocenters. The minimum absolute atomic E-state index is 0.0236. The summed E-state index contributed by atoms with van der Waals surface area (Å²) in [5.41, 5.74) is 0. The van der Waals surface area contributed by atoms with Crippen LogP contribution in [0.1, 0.15) is 418 Å². The van der Waals surface area contributed by atoms with Crippen LogP contribution in [0, 0.1) is 0 Å². The van der Waals surface area contributed by atoms with Crippen molar-refractivity contribution in [3.8, 4) is 0 Å². The molecule has 3 N–H and O–H groups in total. The van der Waals surface area contributed by atoms with Crippen molar-refractivity contribution in [1.29, 1.82) is 0 Å². The maximum absolute atomic E-state index is 12.5. The molecule has 0 aliphatic carbocycles. The smallest absolute Gasteiger partial charge is 0.305 e. The van der Waals surface area contributed by atoms with Crippen molar-refractivity contribution >= 4 is 11.9 Å². The highest BCUT2D eigenvalue weighted by Gasteiger charge is 2.18. The summed E-state index contributed by atoms with van der Waals surface area (Å²) in [6, 6.07) is -0.625. The normalized spacial score (nSPS) is 12.5. The summed E-state index contributed by atoms with van der Waals surface area (Å²) in [5, 5.41) is 23.2. The molecule has 0 spiro atoms. The van der Waals surface area contributed by atoms with Gasteiger partial charge in [-0.2, -0.15) is 0 Å². The number of aliphatic hydroxyl groups is 2. The van der Waals surface area contributed by atoms with Crippen molar-refractivity contribution in [2.45, 2.75) is 431 Å². The van der Waals surface area contributed by atoms with Gasteiger partial charge in [0.25, 0.3) is 0 Å². The van der Waals surface area contributed by atoms with Crippen LogP contribution in [-0.2, 0) is 14.3 Å². The Bertz CT molecular complexity index is 1190. The quantitative estimate of drug-likeness (QED) is 0.0320. The molecule has 79 heavy (non-hydrogen) atoms. The zero-order chi connectivity index (χ0) is 57.1. The van der Waals surface area contributed by atoms with E-state index in [1.165, 1.54) is 353 Å². The van der Waals surface area contributed by atoms with Gasteiger partial charge in [0, 0.05) is 12.8 Å². The molecule has 470 valence electrons. The molecule has 1 amide bonds. The SMILES string of the molecule is CCCCCCCCCCCCCCCC/C=C/C(O)C(CO)NC(=O)CCCCCCCCCCCCCCCCCCCCCCCCCCCCCOC(=O)CCCCCCCCCCCCCCCCCCCCC. The third-order valence-corrected chi connectivity index (χ3v) is 17.3. The van der Waals surface area contributed by atoms with Crippen LogP contribution in [0.4, 0.5) is 0 Å². The highest BCUT2D eigenvalue weighted by Crippen LogP contribution is 2.19. The van der Waals surface area contributed by atoms with Crippen molar-refractivity contribution in [2.75, 3.05) is 13.2 Å². The average Bonchev–Trinajstić information content (AvgIpc) is 3.45. The van der Waals surface area contributed by atoms with Gasteiger partial charge in [-0.1, -0.05) is 386 Å². The van der Waals surface area contributed by atoms with E-state index < -0.39 is 12.1 Å². The van der Waals surface area contributed by atoms with Crippen LogP contribution in [0.25, 0.3) is 0 Å². The molecule has 0 aromatic rings. The molecule has 0 aliphatic heterocycles. The van der Waals surface area contributed by atoms with E-state index in [0.29, 0.717) is 19.4 Å². The maximum atomic E-state index is 12.5. The second kappa shape index (κ2) is 69.1. The molecule has 0 saturated carbocycles. The number of amides is 1. The molecule has 0 heterocycles. The van der Waals surface area contributed by atoms with E-state index in [-0.39, 0.29) is 18.5 Å². The first-order valence-corrected chi connectivity index (χ1v) is 36.5. The Hall–Kier alpha value is -1.40. The number of nitrogens with one attached hydrogen (secondary N) is 1. The number of allylic oxidation sites excluding steroid dienone is 1. The molecule has 0 aromatic heterocycles. The Morgan fingerprint density at radius 1 is 0.342 bits per heavy atom. The summed E-state index contributed by atoms with van der Waals surface area (Å²) >= 11 is 0. The summed E-state index contributed by atoms with van der Waals surface area (Å²) in [6.07, 6.45) is 85.9. The van der Waals surface area contributed by atoms with Crippen molar-refractivity contribution in [1.82, 2.24) is 5.32 Å². The summed E-state index contributed by atoms with van der Waals surface area (Å²) in [6.45, 7) is 4.95. The molecule has 0 radical (unpaired) electrons. The number of aliphatic hydroxyl groups excluding tert-OH is 2. The molecular weight excluding hydrogens is 971 g/mol. The van der Waals surface area contributed by atoms with Crippen molar-refractivity contribution in [3.63, 3.8) is 0 Å². The fraction of sp³-hybridized carbons (Fsp3) is 0.945. The molecule has 0 bridgehead atoms. The largest absolute Gasteiger partial charge is 0.466 e. The van der Waals surface area contributed by atoms with E-state index in [4.69, 9.17) is 4.74 Å². The minimum atomic E-state index is -0.842. The van der Waals surface area contributed by atoms with Crippen LogP contribution >= 0.6 is 0 Å². The summed E-state index contributed by atoms with van der Waals surface area (Å²) in [7, 11) is 0. The van der Waals surface area contributed by atoms with Gasteiger partial charge in [-0.25, -0.2) is 0 Å². The highest BCUT2D eigenvalue weighted by atomic mass is 16.5. The number of carbonyl (C=O) groups excluding carboxylic acids is 2. The van der Waals surface area contributed by atoms with Crippen LogP contribution < -0.4 is 5.32 Å². The van der Waals surface area contributed by atoms with E-state index in [2.05, 4.69) is 19.2 Å². The van der Waals surface area contributed by atoms with Crippen molar-refractivity contribution in [2.24, 2.45) is 0 Å². The van der Waals surface area contributed by atoms with Gasteiger partial charge in [0.2, 0.25) is 5.91 Å². The number of unbranched alkanes of at least 4 members (excludes halogenated alkanes) is 58.